The molecular weight excluding hydrogens is 449 g/mol. The van der Waals surface area contributed by atoms with Gasteiger partial charge in [-0.1, -0.05) is 12.1 Å². The third-order valence-electron chi connectivity index (χ3n) is 4.94. The van der Waals surface area contributed by atoms with E-state index in [4.69, 9.17) is 9.47 Å². The van der Waals surface area contributed by atoms with Crippen LogP contribution in [0.15, 0.2) is 42.5 Å². The predicted octanol–water partition coefficient (Wildman–Crippen LogP) is 3.51. The van der Waals surface area contributed by atoms with Crippen LogP contribution in [0.2, 0.25) is 0 Å². The lowest BCUT2D eigenvalue weighted by Gasteiger charge is -2.30. The van der Waals surface area contributed by atoms with Crippen molar-refractivity contribution in [3.8, 4) is 11.5 Å². The second-order valence-electron chi connectivity index (χ2n) is 7.42. The van der Waals surface area contributed by atoms with Gasteiger partial charge < -0.3 is 14.8 Å². The Labute approximate surface area is 184 Å². The van der Waals surface area contributed by atoms with Crippen LogP contribution in [0.5, 0.6) is 11.5 Å². The summed E-state index contributed by atoms with van der Waals surface area (Å²) in [4.78, 5) is 12.9. The molecular formula is C21H23F3N2O5S. The topological polar surface area (TPSA) is 84.9 Å². The number of nitrogens with one attached hydrogen (secondary N) is 1. The van der Waals surface area contributed by atoms with E-state index in [1.54, 1.807) is 25.1 Å². The third kappa shape index (κ3) is 5.26. The SMILES string of the molecule is C[C@H](C(=O)N[C@H](C)c1ccc2c(c1)OCCO2)N(c1cccc(C(F)(F)F)c1)S(C)(=O)=O. The molecule has 32 heavy (non-hydrogen) atoms. The number of benzene rings is 2. The summed E-state index contributed by atoms with van der Waals surface area (Å²) in [5.74, 6) is 0.444. The molecule has 0 unspecified atom stereocenters. The molecule has 0 saturated carbocycles. The van der Waals surface area contributed by atoms with Crippen LogP contribution in [0.1, 0.15) is 31.0 Å². The highest BCUT2D eigenvalue weighted by Crippen LogP contribution is 2.34. The molecule has 174 valence electrons. The number of sulfonamides is 1. The van der Waals surface area contributed by atoms with Crippen LogP contribution in [0, 0.1) is 0 Å². The molecule has 0 bridgehead atoms. The average molecular weight is 472 g/mol. The molecule has 2 atom stereocenters. The van der Waals surface area contributed by atoms with Gasteiger partial charge in [-0.25, -0.2) is 8.42 Å². The Morgan fingerprint density at radius 1 is 1.06 bits per heavy atom. The van der Waals surface area contributed by atoms with E-state index < -0.39 is 39.8 Å². The Balaban J connectivity index is 1.83. The lowest BCUT2D eigenvalue weighted by molar-refractivity contribution is -0.137. The van der Waals surface area contributed by atoms with Gasteiger partial charge >= 0.3 is 6.18 Å². The van der Waals surface area contributed by atoms with Gasteiger partial charge in [0.1, 0.15) is 19.3 Å². The molecule has 0 aliphatic carbocycles. The molecule has 2 aromatic rings. The summed E-state index contributed by atoms with van der Waals surface area (Å²) in [5.41, 5.74) is -0.572. The van der Waals surface area contributed by atoms with E-state index in [2.05, 4.69) is 5.32 Å². The van der Waals surface area contributed by atoms with Crippen molar-refractivity contribution < 1.29 is 35.9 Å². The molecule has 2 aromatic carbocycles. The van der Waals surface area contributed by atoms with Crippen molar-refractivity contribution in [1.82, 2.24) is 5.32 Å². The second-order valence-corrected chi connectivity index (χ2v) is 9.28. The molecule has 1 aliphatic rings. The number of hydrogen-bond donors (Lipinski definition) is 1. The zero-order valence-electron chi connectivity index (χ0n) is 17.6. The summed E-state index contributed by atoms with van der Waals surface area (Å²) in [6, 6.07) is 7.19. The summed E-state index contributed by atoms with van der Waals surface area (Å²) in [5, 5.41) is 2.71. The van der Waals surface area contributed by atoms with Gasteiger partial charge in [0.25, 0.3) is 0 Å². The van der Waals surface area contributed by atoms with Crippen molar-refractivity contribution in [2.45, 2.75) is 32.1 Å². The molecule has 1 N–H and O–H groups in total. The molecule has 0 saturated heterocycles. The number of rotatable bonds is 6. The Kier molecular flexibility index (Phi) is 6.59. The minimum atomic E-state index is -4.66. The zero-order chi connectivity index (χ0) is 23.7. The second kappa shape index (κ2) is 8.89. The Bertz CT molecular complexity index is 1100. The Morgan fingerprint density at radius 2 is 1.72 bits per heavy atom. The molecule has 0 spiro atoms. The largest absolute Gasteiger partial charge is 0.486 e. The fourth-order valence-electron chi connectivity index (χ4n) is 3.37. The first-order valence-corrected chi connectivity index (χ1v) is 11.6. The number of amides is 1. The van der Waals surface area contributed by atoms with Crippen LogP contribution in [-0.2, 0) is 21.0 Å². The summed E-state index contributed by atoms with van der Waals surface area (Å²) in [6.45, 7) is 3.85. The molecule has 3 rings (SSSR count). The summed E-state index contributed by atoms with van der Waals surface area (Å²) in [6.07, 6.45) is -3.82. The molecule has 11 heteroatoms. The quantitative estimate of drug-likeness (QED) is 0.696. The minimum Gasteiger partial charge on any atom is -0.486 e. The first-order valence-electron chi connectivity index (χ1n) is 9.74. The highest BCUT2D eigenvalue weighted by molar-refractivity contribution is 7.92. The van der Waals surface area contributed by atoms with Gasteiger partial charge in [-0.2, -0.15) is 13.2 Å². The fourth-order valence-corrected chi connectivity index (χ4v) is 4.54. The van der Waals surface area contributed by atoms with Gasteiger partial charge in [0.2, 0.25) is 15.9 Å². The average Bonchev–Trinajstić information content (AvgIpc) is 2.72. The molecule has 0 fully saturated rings. The van der Waals surface area contributed by atoms with Crippen LogP contribution < -0.4 is 19.1 Å². The summed E-state index contributed by atoms with van der Waals surface area (Å²) < 4.78 is 75.7. The number of fused-ring (bicyclic) bond motifs is 1. The first kappa shape index (κ1) is 23.7. The number of anilines is 1. The highest BCUT2D eigenvalue weighted by atomic mass is 32.2. The normalized spacial score (nSPS) is 15.6. The predicted molar refractivity (Wildman–Crippen MR) is 112 cm³/mol. The van der Waals surface area contributed by atoms with Crippen LogP contribution in [0.25, 0.3) is 0 Å². The monoisotopic (exact) mass is 472 g/mol. The van der Waals surface area contributed by atoms with Crippen molar-refractivity contribution in [1.29, 1.82) is 0 Å². The third-order valence-corrected chi connectivity index (χ3v) is 6.18. The number of halogens is 3. The van der Waals surface area contributed by atoms with Gasteiger partial charge in [-0.05, 0) is 49.7 Å². The van der Waals surface area contributed by atoms with Crippen LogP contribution >= 0.6 is 0 Å². The van der Waals surface area contributed by atoms with Crippen molar-refractivity contribution in [2.24, 2.45) is 0 Å². The highest BCUT2D eigenvalue weighted by Gasteiger charge is 2.34. The molecule has 1 heterocycles. The minimum absolute atomic E-state index is 0.253. The molecule has 1 amide bonds. The summed E-state index contributed by atoms with van der Waals surface area (Å²) >= 11 is 0. The first-order chi connectivity index (χ1) is 14.9. The number of carbonyl (C=O) groups excluding carboxylic acids is 1. The fraction of sp³-hybridized carbons (Fsp3) is 0.381. The van der Waals surface area contributed by atoms with Crippen LogP contribution in [0.3, 0.4) is 0 Å². The Hall–Kier alpha value is -2.95. The lowest BCUT2D eigenvalue weighted by Crippen LogP contribution is -2.48. The van der Waals surface area contributed by atoms with E-state index in [0.29, 0.717) is 40.6 Å². The van der Waals surface area contributed by atoms with Gasteiger partial charge in [0.15, 0.2) is 11.5 Å². The maximum Gasteiger partial charge on any atom is 0.416 e. The van der Waals surface area contributed by atoms with Gasteiger partial charge in [-0.3, -0.25) is 9.10 Å². The molecule has 0 aromatic heterocycles. The van der Waals surface area contributed by atoms with Gasteiger partial charge in [-0.15, -0.1) is 0 Å². The number of hydrogen-bond acceptors (Lipinski definition) is 5. The van der Waals surface area contributed by atoms with E-state index in [9.17, 15) is 26.4 Å². The number of alkyl halides is 3. The van der Waals surface area contributed by atoms with E-state index in [1.165, 1.54) is 13.0 Å². The maximum atomic E-state index is 13.1. The number of ether oxygens (including phenoxy) is 2. The van der Waals surface area contributed by atoms with E-state index in [1.807, 2.05) is 0 Å². The maximum absolute atomic E-state index is 13.1. The van der Waals surface area contributed by atoms with Gasteiger partial charge in [0.05, 0.1) is 23.5 Å². The van der Waals surface area contributed by atoms with E-state index in [-0.39, 0.29) is 5.69 Å². The van der Waals surface area contributed by atoms with E-state index >= 15 is 0 Å². The smallest absolute Gasteiger partial charge is 0.416 e. The van der Waals surface area contributed by atoms with Crippen LogP contribution in [0.4, 0.5) is 18.9 Å². The zero-order valence-corrected chi connectivity index (χ0v) is 18.5. The molecule has 0 radical (unpaired) electrons. The van der Waals surface area contributed by atoms with Crippen molar-refractivity contribution in [3.63, 3.8) is 0 Å². The van der Waals surface area contributed by atoms with Crippen molar-refractivity contribution in [3.05, 3.63) is 53.6 Å². The standard InChI is InChI=1S/C21H23F3N2O5S/c1-13(15-7-8-18-19(11-15)31-10-9-30-18)25-20(27)14(2)26(32(3,28)29)17-6-4-5-16(12-17)21(22,23)24/h4-8,11-14H,9-10H2,1-3H3,(H,25,27)/t13-,14-/m1/s1. The molecule has 1 aliphatic heterocycles. The number of nitrogens with zero attached hydrogens (tertiary/aromatic N) is 1. The van der Waals surface area contributed by atoms with Crippen molar-refractivity contribution in [2.75, 3.05) is 23.8 Å². The summed E-state index contributed by atoms with van der Waals surface area (Å²) in [7, 11) is -4.07. The molecule has 7 nitrogen and oxygen atoms in total. The lowest BCUT2D eigenvalue weighted by atomic mass is 10.1. The van der Waals surface area contributed by atoms with Crippen LogP contribution in [-0.4, -0.2) is 39.8 Å². The number of carbonyl (C=O) groups is 1. The Morgan fingerprint density at radius 3 is 2.34 bits per heavy atom. The van der Waals surface area contributed by atoms with Gasteiger partial charge in [0, 0.05) is 0 Å². The van der Waals surface area contributed by atoms with E-state index in [0.717, 1.165) is 18.4 Å². The van der Waals surface area contributed by atoms with Crippen molar-refractivity contribution >= 4 is 21.6 Å².